The fourth-order valence-electron chi connectivity index (χ4n) is 1.35. The summed E-state index contributed by atoms with van der Waals surface area (Å²) in [6.07, 6.45) is 3.21. The van der Waals surface area contributed by atoms with Crippen molar-refractivity contribution in [2.75, 3.05) is 5.43 Å². The second-order valence-corrected chi connectivity index (χ2v) is 3.52. The zero-order chi connectivity index (χ0) is 11.9. The maximum atomic E-state index is 5.53. The smallest absolute Gasteiger partial charge is 0.158 e. The molecule has 2 aromatic rings. The molecule has 3 N–H and O–H groups in total. The second kappa shape index (κ2) is 5.93. The van der Waals surface area contributed by atoms with Crippen LogP contribution in [0, 0.1) is 0 Å². The summed E-state index contributed by atoms with van der Waals surface area (Å²) >= 11 is 0. The van der Waals surface area contributed by atoms with Gasteiger partial charge in [-0.25, -0.2) is 10.8 Å². The fourth-order valence-corrected chi connectivity index (χ4v) is 1.35. The van der Waals surface area contributed by atoms with Crippen LogP contribution in [0.2, 0.25) is 0 Å². The third-order valence-electron chi connectivity index (χ3n) is 2.21. The van der Waals surface area contributed by atoms with E-state index in [0.717, 1.165) is 11.3 Å². The van der Waals surface area contributed by atoms with Gasteiger partial charge in [0.1, 0.15) is 0 Å². The van der Waals surface area contributed by atoms with Crippen molar-refractivity contribution in [3.63, 3.8) is 0 Å². The van der Waals surface area contributed by atoms with Crippen LogP contribution >= 0.6 is 0 Å². The molecule has 0 aliphatic heterocycles. The van der Waals surface area contributed by atoms with Gasteiger partial charge in [-0.15, -0.1) is 0 Å². The highest BCUT2D eigenvalue weighted by atomic mass is 16.5. The Morgan fingerprint density at radius 1 is 1.06 bits per heavy atom. The Bertz CT molecular complexity index is 444. The molecule has 0 aliphatic rings. The van der Waals surface area contributed by atoms with E-state index in [1.165, 1.54) is 0 Å². The van der Waals surface area contributed by atoms with Gasteiger partial charge in [0.25, 0.3) is 0 Å². The van der Waals surface area contributed by atoms with E-state index >= 15 is 0 Å². The summed E-state index contributed by atoms with van der Waals surface area (Å²) in [6, 6.07) is 9.99. The van der Waals surface area contributed by atoms with E-state index < -0.39 is 0 Å². The Kier molecular flexibility index (Phi) is 4.01. The van der Waals surface area contributed by atoms with Crippen LogP contribution in [0.5, 0.6) is 0 Å². The number of nitrogens with two attached hydrogens (primary N) is 1. The Labute approximate surface area is 99.6 Å². The van der Waals surface area contributed by atoms with Crippen LogP contribution in [0.3, 0.4) is 0 Å². The number of aromatic nitrogens is 2. The average Bonchev–Trinajstić information content (AvgIpc) is 2.41. The zero-order valence-electron chi connectivity index (χ0n) is 9.34. The molecule has 1 aromatic carbocycles. The van der Waals surface area contributed by atoms with Crippen molar-refractivity contribution in [2.24, 2.45) is 5.84 Å². The molecule has 1 aromatic heterocycles. The van der Waals surface area contributed by atoms with Crippen molar-refractivity contribution in [1.82, 2.24) is 9.97 Å². The number of nitrogen functional groups attached to an aromatic ring is 1. The second-order valence-electron chi connectivity index (χ2n) is 3.52. The molecule has 0 saturated heterocycles. The Balaban J connectivity index is 1.82. The number of anilines is 1. The van der Waals surface area contributed by atoms with Crippen LogP contribution in [0.25, 0.3) is 0 Å². The minimum atomic E-state index is 0.437. The molecule has 0 amide bonds. The predicted octanol–water partition coefficient (Wildman–Crippen LogP) is 1.48. The normalized spacial score (nSPS) is 10.2. The van der Waals surface area contributed by atoms with Gasteiger partial charge in [0.15, 0.2) is 5.82 Å². The minimum Gasteiger partial charge on any atom is -0.370 e. The summed E-state index contributed by atoms with van der Waals surface area (Å²) in [7, 11) is 0. The molecule has 0 aliphatic carbocycles. The lowest BCUT2D eigenvalue weighted by Crippen LogP contribution is -2.09. The van der Waals surface area contributed by atoms with Gasteiger partial charge in [0, 0.05) is 0 Å². The van der Waals surface area contributed by atoms with E-state index in [0.29, 0.717) is 19.0 Å². The highest BCUT2D eigenvalue weighted by Crippen LogP contribution is 2.04. The third kappa shape index (κ3) is 3.51. The number of hydrogen-bond acceptors (Lipinski definition) is 5. The lowest BCUT2D eigenvalue weighted by molar-refractivity contribution is 0.104. The first-order valence-corrected chi connectivity index (χ1v) is 5.27. The summed E-state index contributed by atoms with van der Waals surface area (Å²) < 4.78 is 5.53. The van der Waals surface area contributed by atoms with Crippen molar-refractivity contribution in [3.05, 3.63) is 54.0 Å². The Morgan fingerprint density at radius 3 is 2.53 bits per heavy atom. The summed E-state index contributed by atoms with van der Waals surface area (Å²) in [5.41, 5.74) is 4.34. The Hall–Kier alpha value is -1.98. The van der Waals surface area contributed by atoms with E-state index in [4.69, 9.17) is 10.6 Å². The predicted molar refractivity (Wildman–Crippen MR) is 64.8 cm³/mol. The first-order valence-electron chi connectivity index (χ1n) is 5.27. The molecule has 5 heteroatoms. The first-order chi connectivity index (χ1) is 8.38. The Morgan fingerprint density at radius 2 is 1.88 bits per heavy atom. The number of nitrogens with one attached hydrogen (secondary N) is 1. The molecule has 17 heavy (non-hydrogen) atoms. The maximum absolute atomic E-state index is 5.53. The molecule has 0 radical (unpaired) electrons. The van der Waals surface area contributed by atoms with Gasteiger partial charge in [-0.2, -0.15) is 0 Å². The number of nitrogens with zero attached hydrogens (tertiary/aromatic N) is 2. The lowest BCUT2D eigenvalue weighted by atomic mass is 10.2. The van der Waals surface area contributed by atoms with Gasteiger partial charge >= 0.3 is 0 Å². The average molecular weight is 230 g/mol. The van der Waals surface area contributed by atoms with Crippen LogP contribution in [-0.2, 0) is 18.0 Å². The van der Waals surface area contributed by atoms with Gasteiger partial charge in [-0.1, -0.05) is 30.3 Å². The van der Waals surface area contributed by atoms with Crippen molar-refractivity contribution in [1.29, 1.82) is 0 Å². The zero-order valence-corrected chi connectivity index (χ0v) is 9.34. The molecular weight excluding hydrogens is 216 g/mol. The van der Waals surface area contributed by atoms with Crippen LogP contribution in [0.1, 0.15) is 11.3 Å². The van der Waals surface area contributed by atoms with E-state index in [2.05, 4.69) is 15.4 Å². The van der Waals surface area contributed by atoms with Crippen molar-refractivity contribution in [2.45, 2.75) is 13.2 Å². The van der Waals surface area contributed by atoms with Crippen LogP contribution in [0.4, 0.5) is 5.82 Å². The van der Waals surface area contributed by atoms with Crippen LogP contribution in [0.15, 0.2) is 42.7 Å². The van der Waals surface area contributed by atoms with Crippen LogP contribution < -0.4 is 11.3 Å². The molecule has 0 spiro atoms. The van der Waals surface area contributed by atoms with E-state index in [1.54, 1.807) is 12.4 Å². The standard InChI is InChI=1S/C12H14N4O/c13-16-12-7-14-11(6-15-12)9-17-8-10-4-2-1-3-5-10/h1-7H,8-9,13H2,(H,15,16). The van der Waals surface area contributed by atoms with E-state index in [9.17, 15) is 0 Å². The van der Waals surface area contributed by atoms with Gasteiger partial charge in [0.2, 0.25) is 0 Å². The van der Waals surface area contributed by atoms with E-state index in [1.807, 2.05) is 30.3 Å². The van der Waals surface area contributed by atoms with Crippen molar-refractivity contribution >= 4 is 5.82 Å². The molecule has 2 rings (SSSR count). The van der Waals surface area contributed by atoms with Gasteiger partial charge in [0.05, 0.1) is 31.3 Å². The molecule has 0 bridgehead atoms. The molecule has 88 valence electrons. The topological polar surface area (TPSA) is 73.1 Å². The van der Waals surface area contributed by atoms with Crippen molar-refractivity contribution < 1.29 is 4.74 Å². The fraction of sp³-hybridized carbons (Fsp3) is 0.167. The molecule has 0 unspecified atom stereocenters. The minimum absolute atomic E-state index is 0.437. The quantitative estimate of drug-likeness (QED) is 0.601. The highest BCUT2D eigenvalue weighted by Gasteiger charge is 1.97. The molecule has 5 nitrogen and oxygen atoms in total. The molecule has 0 atom stereocenters. The molecular formula is C12H14N4O. The summed E-state index contributed by atoms with van der Waals surface area (Å²) in [4.78, 5) is 8.19. The van der Waals surface area contributed by atoms with Crippen LogP contribution in [-0.4, -0.2) is 9.97 Å². The molecule has 1 heterocycles. The largest absolute Gasteiger partial charge is 0.370 e. The monoisotopic (exact) mass is 230 g/mol. The van der Waals surface area contributed by atoms with Gasteiger partial charge in [-0.3, -0.25) is 4.98 Å². The van der Waals surface area contributed by atoms with Gasteiger partial charge < -0.3 is 10.2 Å². The number of hydrazine groups is 1. The summed E-state index contributed by atoms with van der Waals surface area (Å²) in [5.74, 6) is 5.73. The maximum Gasteiger partial charge on any atom is 0.158 e. The number of ether oxygens (including phenoxy) is 1. The summed E-state index contributed by atoms with van der Waals surface area (Å²) in [6.45, 7) is 1.01. The highest BCUT2D eigenvalue weighted by molar-refractivity contribution is 5.28. The number of rotatable bonds is 5. The van der Waals surface area contributed by atoms with E-state index in [-0.39, 0.29) is 0 Å². The number of hydrogen-bond donors (Lipinski definition) is 2. The number of benzene rings is 1. The van der Waals surface area contributed by atoms with Crippen molar-refractivity contribution in [3.8, 4) is 0 Å². The van der Waals surface area contributed by atoms with Gasteiger partial charge in [-0.05, 0) is 5.56 Å². The summed E-state index contributed by atoms with van der Waals surface area (Å²) in [5, 5.41) is 0. The molecule has 0 fully saturated rings. The SMILES string of the molecule is NNc1cnc(COCc2ccccc2)cn1. The third-order valence-corrected chi connectivity index (χ3v) is 2.21. The lowest BCUT2D eigenvalue weighted by Gasteiger charge is -2.04. The first kappa shape index (κ1) is 11.5. The molecule has 0 saturated carbocycles.